The van der Waals surface area contributed by atoms with E-state index in [1.807, 2.05) is 31.2 Å². The second kappa shape index (κ2) is 6.90. The van der Waals surface area contributed by atoms with Gasteiger partial charge < -0.3 is 9.64 Å². The fourth-order valence-electron chi connectivity index (χ4n) is 3.01. The monoisotopic (exact) mass is 351 g/mol. The van der Waals surface area contributed by atoms with E-state index in [0.29, 0.717) is 0 Å². The van der Waals surface area contributed by atoms with Crippen molar-refractivity contribution in [2.24, 2.45) is 0 Å². The lowest BCUT2D eigenvalue weighted by Crippen LogP contribution is -2.20. The summed E-state index contributed by atoms with van der Waals surface area (Å²) in [6.07, 6.45) is -0.517. The zero-order valence-corrected chi connectivity index (χ0v) is 14.2. The van der Waals surface area contributed by atoms with Crippen LogP contribution in [0.5, 0.6) is 5.88 Å². The third-order valence-electron chi connectivity index (χ3n) is 4.40. The number of para-hydroxylation sites is 1. The molecule has 2 aromatic rings. The molecule has 0 N–H and O–H groups in total. The maximum absolute atomic E-state index is 13.3. The van der Waals surface area contributed by atoms with Crippen molar-refractivity contribution in [2.75, 3.05) is 11.9 Å². The molecule has 0 spiro atoms. The van der Waals surface area contributed by atoms with E-state index < -0.39 is 11.7 Å². The van der Waals surface area contributed by atoms with Crippen LogP contribution in [0.4, 0.5) is 24.8 Å². The molecule has 1 heterocycles. The molecule has 0 atom stereocenters. The smallest absolute Gasteiger partial charge is 0.423 e. The normalized spacial score (nSPS) is 15.4. The number of hydrogen-bond donors (Lipinski definition) is 0. The van der Waals surface area contributed by atoms with E-state index in [1.165, 1.54) is 0 Å². The molecular formula is C18H20F3N3O. The molecule has 4 nitrogen and oxygen atoms in total. The van der Waals surface area contributed by atoms with Gasteiger partial charge in [-0.05, 0) is 44.2 Å². The highest BCUT2D eigenvalue weighted by molar-refractivity contribution is 5.61. The Labute approximate surface area is 144 Å². The highest BCUT2D eigenvalue weighted by Gasteiger charge is 2.37. The topological polar surface area (TPSA) is 38.2 Å². The van der Waals surface area contributed by atoms with Crippen LogP contribution in [0.15, 0.2) is 30.5 Å². The Morgan fingerprint density at radius 2 is 1.84 bits per heavy atom. The first kappa shape index (κ1) is 17.5. The molecule has 1 saturated carbocycles. The molecule has 0 unspecified atom stereocenters. The largest absolute Gasteiger partial charge is 0.474 e. The van der Waals surface area contributed by atoms with Gasteiger partial charge in [-0.1, -0.05) is 18.2 Å². The maximum atomic E-state index is 13.3. The van der Waals surface area contributed by atoms with Crippen LogP contribution in [0.3, 0.4) is 0 Å². The summed E-state index contributed by atoms with van der Waals surface area (Å²) in [5.74, 6) is -0.208. The van der Waals surface area contributed by atoms with Crippen LogP contribution in [-0.2, 0) is 6.18 Å². The van der Waals surface area contributed by atoms with Gasteiger partial charge in [-0.15, -0.1) is 0 Å². The molecule has 1 aromatic carbocycles. The van der Waals surface area contributed by atoms with Crippen LogP contribution in [-0.4, -0.2) is 23.1 Å². The van der Waals surface area contributed by atoms with Gasteiger partial charge in [0.25, 0.3) is 0 Å². The average molecular weight is 351 g/mol. The van der Waals surface area contributed by atoms with E-state index in [2.05, 4.69) is 9.97 Å². The van der Waals surface area contributed by atoms with Crippen LogP contribution in [0.2, 0.25) is 0 Å². The van der Waals surface area contributed by atoms with Crippen LogP contribution >= 0.6 is 0 Å². The number of benzene rings is 1. The van der Waals surface area contributed by atoms with Crippen LogP contribution in [0.1, 0.15) is 36.8 Å². The highest BCUT2D eigenvalue weighted by Crippen LogP contribution is 2.37. The summed E-state index contributed by atoms with van der Waals surface area (Å²) in [5, 5.41) is 0. The summed E-state index contributed by atoms with van der Waals surface area (Å²) in [5.41, 5.74) is 0.877. The van der Waals surface area contributed by atoms with Gasteiger partial charge in [0.2, 0.25) is 11.8 Å². The molecule has 0 radical (unpaired) electrons. The van der Waals surface area contributed by atoms with E-state index >= 15 is 0 Å². The number of nitrogens with zero attached hydrogens (tertiary/aromatic N) is 3. The first-order valence-electron chi connectivity index (χ1n) is 8.26. The minimum absolute atomic E-state index is 0.176. The first-order valence-corrected chi connectivity index (χ1v) is 8.26. The standard InChI is InChI=1S/C18H20F3N3O/c1-12-7-3-6-10-15(12)24(2)17-22-11-14(18(19,20)21)16(23-17)25-13-8-4-5-9-13/h3,6-7,10-11,13H,4-5,8-9H2,1-2H3. The van der Waals surface area contributed by atoms with E-state index in [-0.39, 0.29) is 17.9 Å². The van der Waals surface area contributed by atoms with Crippen molar-refractivity contribution in [3.05, 3.63) is 41.6 Å². The molecule has 134 valence electrons. The summed E-state index contributed by atoms with van der Waals surface area (Å²) in [6.45, 7) is 1.92. The molecular weight excluding hydrogens is 331 g/mol. The van der Waals surface area contributed by atoms with Gasteiger partial charge in [0.05, 0.1) is 0 Å². The number of aryl methyl sites for hydroxylation is 1. The Kier molecular flexibility index (Phi) is 4.83. The van der Waals surface area contributed by atoms with Crippen molar-refractivity contribution in [3.8, 4) is 5.88 Å². The minimum Gasteiger partial charge on any atom is -0.474 e. The maximum Gasteiger partial charge on any atom is 0.423 e. The van der Waals surface area contributed by atoms with Crippen molar-refractivity contribution in [2.45, 2.75) is 44.9 Å². The third-order valence-corrected chi connectivity index (χ3v) is 4.40. The molecule has 25 heavy (non-hydrogen) atoms. The predicted octanol–water partition coefficient (Wildman–Crippen LogP) is 4.89. The molecule has 0 amide bonds. The molecule has 1 fully saturated rings. The highest BCUT2D eigenvalue weighted by atomic mass is 19.4. The van der Waals surface area contributed by atoms with Gasteiger partial charge in [0.15, 0.2) is 0 Å². The minimum atomic E-state index is -4.55. The number of halogens is 3. The number of anilines is 2. The quantitative estimate of drug-likeness (QED) is 0.786. The number of aromatic nitrogens is 2. The number of rotatable bonds is 4. The van der Waals surface area contributed by atoms with E-state index in [9.17, 15) is 13.2 Å². The number of alkyl halides is 3. The van der Waals surface area contributed by atoms with Crippen LogP contribution in [0.25, 0.3) is 0 Å². The second-order valence-electron chi connectivity index (χ2n) is 6.26. The second-order valence-corrected chi connectivity index (χ2v) is 6.26. The summed E-state index contributed by atoms with van der Waals surface area (Å²) in [7, 11) is 1.73. The zero-order chi connectivity index (χ0) is 18.0. The molecule has 1 aliphatic rings. The van der Waals surface area contributed by atoms with Crippen molar-refractivity contribution in [1.29, 1.82) is 0 Å². The number of ether oxygens (including phenoxy) is 1. The number of hydrogen-bond acceptors (Lipinski definition) is 4. The van der Waals surface area contributed by atoms with Crippen LogP contribution in [0, 0.1) is 6.92 Å². The van der Waals surface area contributed by atoms with Crippen molar-refractivity contribution >= 4 is 11.6 Å². The molecule has 0 saturated heterocycles. The molecule has 1 aromatic heterocycles. The lowest BCUT2D eigenvalue weighted by Gasteiger charge is -2.22. The fraction of sp³-hybridized carbons (Fsp3) is 0.444. The van der Waals surface area contributed by atoms with E-state index in [1.54, 1.807) is 11.9 Å². The SMILES string of the molecule is Cc1ccccc1N(C)c1ncc(C(F)(F)F)c(OC2CCCC2)n1. The Bertz CT molecular complexity index is 743. The molecule has 3 rings (SSSR count). The summed E-state index contributed by atoms with van der Waals surface area (Å²) in [6, 6.07) is 7.55. The Balaban J connectivity index is 1.96. The van der Waals surface area contributed by atoms with Crippen LogP contribution < -0.4 is 9.64 Å². The molecule has 0 bridgehead atoms. The van der Waals surface area contributed by atoms with E-state index in [4.69, 9.17) is 4.74 Å². The Hall–Kier alpha value is -2.31. The average Bonchev–Trinajstić information content (AvgIpc) is 3.06. The third kappa shape index (κ3) is 3.86. The lowest BCUT2D eigenvalue weighted by atomic mass is 10.2. The van der Waals surface area contributed by atoms with Crippen molar-refractivity contribution in [1.82, 2.24) is 9.97 Å². The lowest BCUT2D eigenvalue weighted by molar-refractivity contribution is -0.139. The van der Waals surface area contributed by atoms with Crippen molar-refractivity contribution < 1.29 is 17.9 Å². The summed E-state index contributed by atoms with van der Waals surface area (Å²) in [4.78, 5) is 9.67. The van der Waals surface area contributed by atoms with Gasteiger partial charge >= 0.3 is 6.18 Å². The summed E-state index contributed by atoms with van der Waals surface area (Å²) >= 11 is 0. The van der Waals surface area contributed by atoms with Gasteiger partial charge in [-0.25, -0.2) is 4.98 Å². The zero-order valence-electron chi connectivity index (χ0n) is 14.2. The van der Waals surface area contributed by atoms with Gasteiger partial charge in [0, 0.05) is 18.9 Å². The predicted molar refractivity (Wildman–Crippen MR) is 89.2 cm³/mol. The molecule has 1 aliphatic carbocycles. The van der Waals surface area contributed by atoms with Gasteiger partial charge in [-0.3, -0.25) is 0 Å². The molecule has 0 aliphatic heterocycles. The molecule has 7 heteroatoms. The Morgan fingerprint density at radius 3 is 2.48 bits per heavy atom. The van der Waals surface area contributed by atoms with Crippen molar-refractivity contribution in [3.63, 3.8) is 0 Å². The van der Waals surface area contributed by atoms with E-state index in [0.717, 1.165) is 43.1 Å². The summed E-state index contributed by atoms with van der Waals surface area (Å²) < 4.78 is 45.4. The van der Waals surface area contributed by atoms with Gasteiger partial charge in [-0.2, -0.15) is 18.2 Å². The first-order chi connectivity index (χ1) is 11.9. The Morgan fingerprint density at radius 1 is 1.16 bits per heavy atom. The fourth-order valence-corrected chi connectivity index (χ4v) is 3.01. The van der Waals surface area contributed by atoms with Gasteiger partial charge in [0.1, 0.15) is 11.7 Å².